The van der Waals surface area contributed by atoms with E-state index in [0.717, 1.165) is 25.0 Å². The van der Waals surface area contributed by atoms with E-state index in [1.165, 1.54) is 34.5 Å². The molecule has 0 amide bonds. The third-order valence-electron chi connectivity index (χ3n) is 7.14. The molecule has 1 aromatic carbocycles. The highest BCUT2D eigenvalue weighted by molar-refractivity contribution is 5.44. The lowest BCUT2D eigenvalue weighted by molar-refractivity contribution is 0.109. The van der Waals surface area contributed by atoms with Gasteiger partial charge in [-0.25, -0.2) is 0 Å². The molecule has 0 saturated carbocycles. The van der Waals surface area contributed by atoms with Gasteiger partial charge >= 0.3 is 0 Å². The van der Waals surface area contributed by atoms with E-state index >= 15 is 0 Å². The number of hydrogen-bond donors (Lipinski definition) is 0. The van der Waals surface area contributed by atoms with Crippen molar-refractivity contribution in [2.24, 2.45) is 13.0 Å². The van der Waals surface area contributed by atoms with E-state index < -0.39 is 0 Å². The van der Waals surface area contributed by atoms with Crippen molar-refractivity contribution in [3.8, 4) is 0 Å². The summed E-state index contributed by atoms with van der Waals surface area (Å²) >= 11 is 0. The van der Waals surface area contributed by atoms with E-state index in [9.17, 15) is 0 Å². The molecule has 0 saturated heterocycles. The molecule has 0 N–H and O–H groups in total. The fraction of sp³-hybridized carbons (Fsp3) is 0.478. The minimum Gasteiger partial charge on any atom is -0.361 e. The Labute approximate surface area is 160 Å². The highest BCUT2D eigenvalue weighted by atomic mass is 16.5. The van der Waals surface area contributed by atoms with Crippen molar-refractivity contribution < 1.29 is 4.52 Å². The predicted molar refractivity (Wildman–Crippen MR) is 105 cm³/mol. The molecule has 0 bridgehead atoms. The quantitative estimate of drug-likeness (QED) is 0.681. The normalized spacial score (nSPS) is 25.6. The Morgan fingerprint density at radius 1 is 1.19 bits per heavy atom. The van der Waals surface area contributed by atoms with Crippen LogP contribution in [0.2, 0.25) is 0 Å². The number of rotatable bonds is 2. The van der Waals surface area contributed by atoms with Crippen LogP contribution in [0.4, 0.5) is 0 Å². The molecule has 3 aromatic rings. The van der Waals surface area contributed by atoms with E-state index in [2.05, 4.69) is 68.0 Å². The first kappa shape index (κ1) is 16.8. The Balaban J connectivity index is 1.62. The van der Waals surface area contributed by atoms with Gasteiger partial charge < -0.3 is 4.52 Å². The monoisotopic (exact) mass is 361 g/mol. The van der Waals surface area contributed by atoms with Crippen LogP contribution in [0.5, 0.6) is 0 Å². The zero-order valence-corrected chi connectivity index (χ0v) is 16.6. The van der Waals surface area contributed by atoms with Gasteiger partial charge in [0.2, 0.25) is 0 Å². The summed E-state index contributed by atoms with van der Waals surface area (Å²) in [7, 11) is 2.10. The topological polar surface area (TPSA) is 43.9 Å². The van der Waals surface area contributed by atoms with E-state index in [4.69, 9.17) is 9.62 Å². The standard InChI is InChI=1S/C23H27N3O/c1-22(2)19-11-10-17-18(12-15-8-6-5-7-9-15)26(4)25-20(17)23(19,3)13-16-14-24-27-21(16)22/h5-9,14,19H,10-13H2,1-4H3/t19-,23-/m0/s1. The van der Waals surface area contributed by atoms with Gasteiger partial charge in [0.05, 0.1) is 11.9 Å². The summed E-state index contributed by atoms with van der Waals surface area (Å²) < 4.78 is 7.81. The van der Waals surface area contributed by atoms with Gasteiger partial charge in [0.15, 0.2) is 0 Å². The third kappa shape index (κ3) is 2.28. The third-order valence-corrected chi connectivity index (χ3v) is 7.14. The molecule has 27 heavy (non-hydrogen) atoms. The van der Waals surface area contributed by atoms with Crippen molar-refractivity contribution in [2.45, 2.75) is 57.3 Å². The van der Waals surface area contributed by atoms with Crippen LogP contribution in [-0.2, 0) is 37.1 Å². The second kappa shape index (κ2) is 5.57. The van der Waals surface area contributed by atoms with E-state index in [1.54, 1.807) is 0 Å². The summed E-state index contributed by atoms with van der Waals surface area (Å²) in [6, 6.07) is 10.7. The smallest absolute Gasteiger partial charge is 0.145 e. The number of hydrogen-bond acceptors (Lipinski definition) is 3. The maximum atomic E-state index is 5.69. The number of nitrogens with zero attached hydrogens (tertiary/aromatic N) is 3. The molecular formula is C23H27N3O. The Hall–Kier alpha value is -2.36. The van der Waals surface area contributed by atoms with Crippen LogP contribution < -0.4 is 0 Å². The zero-order valence-electron chi connectivity index (χ0n) is 16.6. The van der Waals surface area contributed by atoms with Crippen molar-refractivity contribution in [1.82, 2.24) is 14.9 Å². The van der Waals surface area contributed by atoms with Gasteiger partial charge in [-0.15, -0.1) is 0 Å². The second-order valence-electron chi connectivity index (χ2n) is 9.15. The first-order chi connectivity index (χ1) is 12.9. The maximum absolute atomic E-state index is 5.69. The predicted octanol–water partition coefficient (Wildman–Crippen LogP) is 4.35. The molecule has 2 heterocycles. The maximum Gasteiger partial charge on any atom is 0.145 e. The molecule has 0 aliphatic heterocycles. The summed E-state index contributed by atoms with van der Waals surface area (Å²) in [6.07, 6.45) is 6.10. The molecule has 140 valence electrons. The molecule has 2 aliphatic rings. The summed E-state index contributed by atoms with van der Waals surface area (Å²) in [6.45, 7) is 7.04. The minimum atomic E-state index is -0.0202. The minimum absolute atomic E-state index is 0.0202. The van der Waals surface area contributed by atoms with Crippen molar-refractivity contribution >= 4 is 0 Å². The fourth-order valence-electron chi connectivity index (χ4n) is 5.94. The van der Waals surface area contributed by atoms with Gasteiger partial charge in [0.25, 0.3) is 0 Å². The average Bonchev–Trinajstić information content (AvgIpc) is 3.22. The van der Waals surface area contributed by atoms with Crippen molar-refractivity contribution in [3.05, 3.63) is 70.4 Å². The molecule has 2 atom stereocenters. The largest absolute Gasteiger partial charge is 0.361 e. The summed E-state index contributed by atoms with van der Waals surface area (Å²) in [5.74, 6) is 1.59. The van der Waals surface area contributed by atoms with Crippen LogP contribution in [0.15, 0.2) is 41.1 Å². The van der Waals surface area contributed by atoms with Gasteiger partial charge in [-0.05, 0) is 36.3 Å². The lowest BCUT2D eigenvalue weighted by Gasteiger charge is -2.51. The van der Waals surface area contributed by atoms with Crippen LogP contribution in [0.25, 0.3) is 0 Å². The number of fused-ring (bicyclic) bond motifs is 4. The molecule has 5 rings (SSSR count). The van der Waals surface area contributed by atoms with Crippen molar-refractivity contribution in [3.63, 3.8) is 0 Å². The first-order valence-electron chi connectivity index (χ1n) is 9.94. The van der Waals surface area contributed by atoms with E-state index in [-0.39, 0.29) is 10.8 Å². The van der Waals surface area contributed by atoms with Crippen LogP contribution in [0.1, 0.15) is 61.0 Å². The van der Waals surface area contributed by atoms with Crippen LogP contribution >= 0.6 is 0 Å². The highest BCUT2D eigenvalue weighted by Gasteiger charge is 2.55. The SMILES string of the molecule is Cn1nc2c(c1Cc1ccccc1)CC[C@H]1C(C)(C)c3oncc3C[C@]21C. The molecular weight excluding hydrogens is 334 g/mol. The fourth-order valence-corrected chi connectivity index (χ4v) is 5.94. The molecule has 0 fully saturated rings. The Morgan fingerprint density at radius 3 is 2.74 bits per heavy atom. The number of aromatic nitrogens is 3. The lowest BCUT2D eigenvalue weighted by atomic mass is 9.51. The van der Waals surface area contributed by atoms with Crippen LogP contribution in [0, 0.1) is 5.92 Å². The van der Waals surface area contributed by atoms with E-state index in [0.29, 0.717) is 5.92 Å². The molecule has 2 aromatic heterocycles. The van der Waals surface area contributed by atoms with Gasteiger partial charge in [-0.3, -0.25) is 4.68 Å². The molecule has 0 spiro atoms. The molecule has 0 radical (unpaired) electrons. The Morgan fingerprint density at radius 2 is 1.96 bits per heavy atom. The molecule has 4 nitrogen and oxygen atoms in total. The molecule has 0 unspecified atom stereocenters. The number of benzene rings is 1. The van der Waals surface area contributed by atoms with Crippen molar-refractivity contribution in [2.75, 3.05) is 0 Å². The van der Waals surface area contributed by atoms with Gasteiger partial charge in [-0.2, -0.15) is 5.10 Å². The molecule has 4 heteroatoms. The van der Waals surface area contributed by atoms with Crippen molar-refractivity contribution in [1.29, 1.82) is 0 Å². The highest BCUT2D eigenvalue weighted by Crippen LogP contribution is 2.56. The first-order valence-corrected chi connectivity index (χ1v) is 9.94. The summed E-state index contributed by atoms with van der Waals surface area (Å²) in [5, 5.41) is 9.21. The van der Waals surface area contributed by atoms with Crippen LogP contribution in [0.3, 0.4) is 0 Å². The van der Waals surface area contributed by atoms with Gasteiger partial charge in [-0.1, -0.05) is 56.3 Å². The average molecular weight is 361 g/mol. The van der Waals surface area contributed by atoms with Gasteiger partial charge in [0, 0.05) is 35.6 Å². The van der Waals surface area contributed by atoms with E-state index in [1.807, 2.05) is 6.20 Å². The molecule has 2 aliphatic carbocycles. The Kier molecular flexibility index (Phi) is 3.46. The summed E-state index contributed by atoms with van der Waals surface area (Å²) in [4.78, 5) is 0. The summed E-state index contributed by atoms with van der Waals surface area (Å²) in [5.41, 5.74) is 6.74. The van der Waals surface area contributed by atoms with Crippen LogP contribution in [-0.4, -0.2) is 14.9 Å². The zero-order chi connectivity index (χ0) is 18.8. The number of aryl methyl sites for hydroxylation is 1. The van der Waals surface area contributed by atoms with Gasteiger partial charge in [0.1, 0.15) is 5.76 Å². The second-order valence-corrected chi connectivity index (χ2v) is 9.15. The Bertz CT molecular complexity index is 998. The lowest BCUT2D eigenvalue weighted by Crippen LogP contribution is -2.51.